The van der Waals surface area contributed by atoms with Crippen molar-refractivity contribution in [2.75, 3.05) is 6.61 Å². The minimum Gasteiger partial charge on any atom is -0.363 e. The number of unbranched alkanes of at least 4 members (excludes halogenated alkanes) is 4. The van der Waals surface area contributed by atoms with Crippen molar-refractivity contribution >= 4 is 0 Å². The zero-order valence-electron chi connectivity index (χ0n) is 12.2. The van der Waals surface area contributed by atoms with Crippen molar-refractivity contribution in [2.24, 2.45) is 0 Å². The Bertz CT molecular complexity index is 311. The molecule has 2 nitrogen and oxygen atoms in total. The number of rotatable bonds is 11. The summed E-state index contributed by atoms with van der Waals surface area (Å²) < 4.78 is 66.2. The number of hydrogen-bond acceptors (Lipinski definition) is 2. The summed E-state index contributed by atoms with van der Waals surface area (Å²) in [5.74, 6) is -4.60. The first-order valence-corrected chi connectivity index (χ1v) is 7.20. The molecule has 0 saturated heterocycles. The van der Waals surface area contributed by atoms with Gasteiger partial charge in [-0.25, -0.2) is 0 Å². The molecule has 0 radical (unpaired) electrons. The van der Waals surface area contributed by atoms with E-state index in [1.54, 1.807) is 0 Å². The van der Waals surface area contributed by atoms with Crippen LogP contribution in [0.4, 0.5) is 22.0 Å². The van der Waals surface area contributed by atoms with E-state index in [1.807, 2.05) is 13.0 Å². The molecule has 1 unspecified atom stereocenters. The van der Waals surface area contributed by atoms with E-state index >= 15 is 0 Å². The highest BCUT2D eigenvalue weighted by molar-refractivity contribution is 4.83. The molecule has 0 saturated carbocycles. The van der Waals surface area contributed by atoms with Crippen molar-refractivity contribution in [1.82, 2.24) is 0 Å². The van der Waals surface area contributed by atoms with Crippen LogP contribution < -0.4 is 0 Å². The molecule has 0 aliphatic rings. The van der Waals surface area contributed by atoms with Gasteiger partial charge in [0.05, 0.1) is 6.07 Å². The van der Waals surface area contributed by atoms with Crippen LogP contribution in [0.3, 0.4) is 0 Å². The van der Waals surface area contributed by atoms with Crippen molar-refractivity contribution in [1.29, 1.82) is 5.26 Å². The number of alkyl halides is 5. The number of halogens is 5. The van der Waals surface area contributed by atoms with Crippen LogP contribution in [0.15, 0.2) is 0 Å². The average Bonchev–Trinajstić information content (AvgIpc) is 2.39. The molecule has 124 valence electrons. The third-order valence-electron chi connectivity index (χ3n) is 3.08. The third kappa shape index (κ3) is 8.86. The minimum absolute atomic E-state index is 0.177. The Balaban J connectivity index is 3.63. The van der Waals surface area contributed by atoms with Gasteiger partial charge < -0.3 is 4.74 Å². The second-order valence-corrected chi connectivity index (χ2v) is 5.00. The molecule has 7 heteroatoms. The first-order valence-electron chi connectivity index (χ1n) is 7.20. The van der Waals surface area contributed by atoms with Gasteiger partial charge in [0.1, 0.15) is 6.10 Å². The van der Waals surface area contributed by atoms with Crippen molar-refractivity contribution in [2.45, 2.75) is 76.5 Å². The van der Waals surface area contributed by atoms with Gasteiger partial charge in [-0.2, -0.15) is 27.2 Å². The zero-order chi connectivity index (χ0) is 16.4. The lowest BCUT2D eigenvalue weighted by molar-refractivity contribution is -0.284. The van der Waals surface area contributed by atoms with Crippen molar-refractivity contribution < 1.29 is 26.7 Å². The molecule has 0 aromatic heterocycles. The number of hydrogen-bond donors (Lipinski definition) is 0. The van der Waals surface area contributed by atoms with Crippen molar-refractivity contribution in [3.63, 3.8) is 0 Å². The normalized spacial score (nSPS) is 14.0. The SMILES string of the molecule is CCCCC(C#N)OCCCCCCC(F)(F)C(F)(F)F. The maximum absolute atomic E-state index is 12.6. The van der Waals surface area contributed by atoms with Crippen LogP contribution in [0, 0.1) is 11.3 Å². The van der Waals surface area contributed by atoms with E-state index in [0.717, 1.165) is 12.8 Å². The fourth-order valence-electron chi connectivity index (χ4n) is 1.74. The van der Waals surface area contributed by atoms with E-state index in [2.05, 4.69) is 0 Å². The fraction of sp³-hybridized carbons (Fsp3) is 0.929. The van der Waals surface area contributed by atoms with Crippen molar-refractivity contribution in [3.8, 4) is 6.07 Å². The highest BCUT2D eigenvalue weighted by Gasteiger charge is 2.56. The zero-order valence-corrected chi connectivity index (χ0v) is 12.2. The monoisotopic (exact) mass is 315 g/mol. The molecule has 0 bridgehead atoms. The molecule has 0 fully saturated rings. The van der Waals surface area contributed by atoms with Crippen LogP contribution in [0.1, 0.15) is 58.3 Å². The molecule has 1 atom stereocenters. The molecule has 0 N–H and O–H groups in total. The first kappa shape index (κ1) is 20.1. The molecule has 0 aromatic rings. The summed E-state index contributed by atoms with van der Waals surface area (Å²) >= 11 is 0. The Morgan fingerprint density at radius 2 is 1.62 bits per heavy atom. The van der Waals surface area contributed by atoms with Gasteiger partial charge in [0, 0.05) is 13.0 Å². The van der Waals surface area contributed by atoms with Crippen LogP contribution in [-0.2, 0) is 4.74 Å². The summed E-state index contributed by atoms with van der Waals surface area (Å²) in [5, 5.41) is 8.79. The molecule has 0 aliphatic heterocycles. The van der Waals surface area contributed by atoms with E-state index in [0.29, 0.717) is 32.3 Å². The van der Waals surface area contributed by atoms with Gasteiger partial charge in [0.15, 0.2) is 0 Å². The third-order valence-corrected chi connectivity index (χ3v) is 3.08. The summed E-state index contributed by atoms with van der Waals surface area (Å²) in [5.41, 5.74) is 0. The van der Waals surface area contributed by atoms with Crippen molar-refractivity contribution in [3.05, 3.63) is 0 Å². The topological polar surface area (TPSA) is 33.0 Å². The van der Waals surface area contributed by atoms with E-state index in [-0.39, 0.29) is 6.42 Å². The average molecular weight is 315 g/mol. The molecule has 0 rings (SSSR count). The fourth-order valence-corrected chi connectivity index (χ4v) is 1.74. The summed E-state index contributed by atoms with van der Waals surface area (Å²) in [6.45, 7) is 2.34. The Labute approximate surface area is 122 Å². The largest absolute Gasteiger partial charge is 0.453 e. The molecule has 0 aliphatic carbocycles. The molecule has 0 amide bonds. The minimum atomic E-state index is -5.46. The van der Waals surface area contributed by atoms with E-state index in [1.165, 1.54) is 0 Å². The van der Waals surface area contributed by atoms with Gasteiger partial charge in [-0.05, 0) is 19.3 Å². The number of nitrogens with zero attached hydrogens (tertiary/aromatic N) is 1. The highest BCUT2D eigenvalue weighted by atomic mass is 19.4. The second kappa shape index (κ2) is 9.93. The van der Waals surface area contributed by atoms with Crippen LogP contribution >= 0.6 is 0 Å². The first-order chi connectivity index (χ1) is 9.74. The summed E-state index contributed by atoms with van der Waals surface area (Å²) in [6, 6.07) is 2.03. The van der Waals surface area contributed by atoms with Gasteiger partial charge in [-0.15, -0.1) is 0 Å². The molecular weight excluding hydrogens is 293 g/mol. The maximum atomic E-state index is 12.6. The lowest BCUT2D eigenvalue weighted by atomic mass is 10.1. The Hall–Kier alpha value is -0.900. The quantitative estimate of drug-likeness (QED) is 0.386. The predicted molar refractivity (Wildman–Crippen MR) is 69.0 cm³/mol. The van der Waals surface area contributed by atoms with Crippen LogP contribution in [0.25, 0.3) is 0 Å². The Kier molecular flexibility index (Phi) is 9.51. The highest BCUT2D eigenvalue weighted by Crippen LogP contribution is 2.39. The molecule has 0 aromatic carbocycles. The van der Waals surface area contributed by atoms with E-state index < -0.39 is 24.6 Å². The standard InChI is InChI=1S/C14H22F5NO/c1-2-3-8-12(11-20)21-10-7-5-4-6-9-13(15,16)14(17,18)19/h12H,2-10H2,1H3. The second-order valence-electron chi connectivity index (χ2n) is 5.00. The van der Waals surface area contributed by atoms with E-state index in [4.69, 9.17) is 10.00 Å². The lowest BCUT2D eigenvalue weighted by Crippen LogP contribution is -2.36. The molecular formula is C14H22F5NO. The Morgan fingerprint density at radius 3 is 2.14 bits per heavy atom. The maximum Gasteiger partial charge on any atom is 0.453 e. The number of nitriles is 1. The molecule has 0 heterocycles. The van der Waals surface area contributed by atoms with Crippen LogP contribution in [0.2, 0.25) is 0 Å². The summed E-state index contributed by atoms with van der Waals surface area (Å²) in [4.78, 5) is 0. The van der Waals surface area contributed by atoms with Gasteiger partial charge in [0.2, 0.25) is 0 Å². The van der Waals surface area contributed by atoms with E-state index in [9.17, 15) is 22.0 Å². The lowest BCUT2D eigenvalue weighted by Gasteiger charge is -2.19. The van der Waals surface area contributed by atoms with Gasteiger partial charge in [-0.1, -0.05) is 32.6 Å². The van der Waals surface area contributed by atoms with Gasteiger partial charge >= 0.3 is 12.1 Å². The Morgan fingerprint density at radius 1 is 1.00 bits per heavy atom. The van der Waals surface area contributed by atoms with Gasteiger partial charge in [-0.3, -0.25) is 0 Å². The summed E-state index contributed by atoms with van der Waals surface area (Å²) in [6.07, 6.45) is -3.39. The summed E-state index contributed by atoms with van der Waals surface area (Å²) in [7, 11) is 0. The van der Waals surface area contributed by atoms with Crippen LogP contribution in [-0.4, -0.2) is 24.8 Å². The smallest absolute Gasteiger partial charge is 0.363 e. The molecule has 21 heavy (non-hydrogen) atoms. The van der Waals surface area contributed by atoms with Crippen LogP contribution in [0.5, 0.6) is 0 Å². The molecule has 0 spiro atoms. The number of ether oxygens (including phenoxy) is 1. The van der Waals surface area contributed by atoms with Gasteiger partial charge in [0.25, 0.3) is 0 Å². The predicted octanol–water partition coefficient (Wildman–Crippen LogP) is 5.23.